The van der Waals surface area contributed by atoms with Crippen molar-refractivity contribution in [2.75, 3.05) is 31.7 Å². The third-order valence-corrected chi connectivity index (χ3v) is 4.33. The van der Waals surface area contributed by atoms with Crippen LogP contribution in [0.4, 0.5) is 10.5 Å². The van der Waals surface area contributed by atoms with Crippen molar-refractivity contribution < 1.29 is 23.9 Å². The first-order chi connectivity index (χ1) is 13.6. The summed E-state index contributed by atoms with van der Waals surface area (Å²) in [5.41, 5.74) is 6.77. The van der Waals surface area contributed by atoms with E-state index >= 15 is 0 Å². The third kappa shape index (κ3) is 7.10. The quantitative estimate of drug-likeness (QED) is 0.424. The van der Waals surface area contributed by atoms with Crippen LogP contribution in [0.1, 0.15) is 26.3 Å². The molecule has 2 amide bonds. The summed E-state index contributed by atoms with van der Waals surface area (Å²) in [5, 5.41) is 6.96. The monoisotopic (exact) mass is 426 g/mol. The molecule has 10 heteroatoms. The van der Waals surface area contributed by atoms with Gasteiger partial charge in [0, 0.05) is 17.3 Å². The number of benzene rings is 1. The van der Waals surface area contributed by atoms with E-state index < -0.39 is 23.6 Å². The summed E-state index contributed by atoms with van der Waals surface area (Å²) < 4.78 is 10.8. The van der Waals surface area contributed by atoms with Crippen LogP contribution >= 0.6 is 11.6 Å². The van der Waals surface area contributed by atoms with Gasteiger partial charge in [-0.3, -0.25) is 9.69 Å². The first-order valence-corrected chi connectivity index (χ1v) is 9.53. The van der Waals surface area contributed by atoms with Gasteiger partial charge in [0.1, 0.15) is 11.6 Å². The Morgan fingerprint density at radius 2 is 2.14 bits per heavy atom. The molecule has 1 heterocycles. The summed E-state index contributed by atoms with van der Waals surface area (Å²) in [6.45, 7) is 7.68. The standard InChI is InChI=1S/C19H27ClN4O5/c1-12-5-6-13(9-14(12)20)22-16(25)11-28-23-17(21)15-10-27-8-7-24(15)18(26)29-19(2,3)4/h5-6,9,15H,7-8,10-11H2,1-4H3,(H2,21,23)(H,22,25)/t15-/m1/s1. The summed E-state index contributed by atoms with van der Waals surface area (Å²) >= 11 is 6.03. The number of anilines is 1. The van der Waals surface area contributed by atoms with Crippen LogP contribution in [0, 0.1) is 6.92 Å². The minimum absolute atomic E-state index is 0.0155. The van der Waals surface area contributed by atoms with Gasteiger partial charge in [-0.25, -0.2) is 4.79 Å². The molecule has 1 aromatic rings. The number of aryl methyl sites for hydroxylation is 1. The zero-order chi connectivity index (χ0) is 21.6. The Kier molecular flexibility index (Phi) is 7.69. The number of hydrogen-bond acceptors (Lipinski definition) is 6. The van der Waals surface area contributed by atoms with Crippen LogP contribution in [-0.4, -0.2) is 60.7 Å². The lowest BCUT2D eigenvalue weighted by atomic mass is 10.2. The van der Waals surface area contributed by atoms with Gasteiger partial charge in [0.2, 0.25) is 0 Å². The lowest BCUT2D eigenvalue weighted by Gasteiger charge is -2.35. The molecule has 0 unspecified atom stereocenters. The first kappa shape index (κ1) is 22.8. The second kappa shape index (κ2) is 9.80. The van der Waals surface area contributed by atoms with E-state index in [9.17, 15) is 9.59 Å². The number of hydrogen-bond donors (Lipinski definition) is 2. The molecule has 1 aliphatic rings. The number of nitrogens with zero attached hydrogens (tertiary/aromatic N) is 2. The Balaban J connectivity index is 1.91. The molecular formula is C19H27ClN4O5. The van der Waals surface area contributed by atoms with Crippen molar-refractivity contribution in [2.45, 2.75) is 39.3 Å². The number of oxime groups is 1. The molecule has 9 nitrogen and oxygen atoms in total. The second-order valence-electron chi connectivity index (χ2n) is 7.57. The molecule has 1 saturated heterocycles. The van der Waals surface area contributed by atoms with E-state index in [4.69, 9.17) is 31.6 Å². The van der Waals surface area contributed by atoms with Crippen molar-refractivity contribution in [3.05, 3.63) is 28.8 Å². The fourth-order valence-corrected chi connectivity index (χ4v) is 2.66. The maximum absolute atomic E-state index is 12.4. The van der Waals surface area contributed by atoms with Crippen molar-refractivity contribution in [3.63, 3.8) is 0 Å². The van der Waals surface area contributed by atoms with Gasteiger partial charge in [0.25, 0.3) is 5.91 Å². The Morgan fingerprint density at radius 1 is 1.41 bits per heavy atom. The first-order valence-electron chi connectivity index (χ1n) is 9.15. The molecule has 1 aliphatic heterocycles. The lowest BCUT2D eigenvalue weighted by Crippen LogP contribution is -2.55. The van der Waals surface area contributed by atoms with Gasteiger partial charge in [0.05, 0.1) is 13.2 Å². The number of nitrogens with two attached hydrogens (primary N) is 1. The zero-order valence-corrected chi connectivity index (χ0v) is 17.8. The Bertz CT molecular complexity index is 778. The number of rotatable bonds is 5. The van der Waals surface area contributed by atoms with E-state index in [-0.39, 0.29) is 19.0 Å². The molecule has 0 radical (unpaired) electrons. The van der Waals surface area contributed by atoms with Crippen LogP contribution in [0.5, 0.6) is 0 Å². The van der Waals surface area contributed by atoms with Gasteiger partial charge in [-0.2, -0.15) is 0 Å². The van der Waals surface area contributed by atoms with E-state index in [1.165, 1.54) is 4.90 Å². The molecule has 0 bridgehead atoms. The third-order valence-electron chi connectivity index (χ3n) is 3.92. The zero-order valence-electron chi connectivity index (χ0n) is 17.0. The number of amidine groups is 1. The SMILES string of the molecule is Cc1ccc(NC(=O)CON=C(N)[C@H]2COCCN2C(=O)OC(C)(C)C)cc1Cl. The lowest BCUT2D eigenvalue weighted by molar-refractivity contribution is -0.120. The van der Waals surface area contributed by atoms with Gasteiger partial charge in [-0.15, -0.1) is 0 Å². The molecule has 29 heavy (non-hydrogen) atoms. The fourth-order valence-electron chi connectivity index (χ4n) is 2.48. The summed E-state index contributed by atoms with van der Waals surface area (Å²) in [6.07, 6.45) is -0.516. The van der Waals surface area contributed by atoms with Crippen molar-refractivity contribution >= 4 is 35.1 Å². The van der Waals surface area contributed by atoms with E-state index in [0.29, 0.717) is 23.9 Å². The predicted molar refractivity (Wildman–Crippen MR) is 110 cm³/mol. The minimum Gasteiger partial charge on any atom is -0.444 e. The van der Waals surface area contributed by atoms with E-state index in [1.807, 2.05) is 6.92 Å². The number of carbonyl (C=O) groups excluding carboxylic acids is 2. The molecule has 0 saturated carbocycles. The van der Waals surface area contributed by atoms with Crippen molar-refractivity contribution in [2.24, 2.45) is 10.9 Å². The number of halogens is 1. The molecule has 1 atom stereocenters. The summed E-state index contributed by atoms with van der Waals surface area (Å²) in [7, 11) is 0. The smallest absolute Gasteiger partial charge is 0.411 e. The molecule has 0 aliphatic carbocycles. The maximum atomic E-state index is 12.4. The van der Waals surface area contributed by atoms with Crippen LogP contribution in [0.25, 0.3) is 0 Å². The van der Waals surface area contributed by atoms with E-state index in [0.717, 1.165) is 5.56 Å². The average molecular weight is 427 g/mol. The largest absolute Gasteiger partial charge is 0.444 e. The number of amides is 2. The van der Waals surface area contributed by atoms with Crippen LogP contribution in [0.2, 0.25) is 5.02 Å². The topological polar surface area (TPSA) is 115 Å². The summed E-state index contributed by atoms with van der Waals surface area (Å²) in [6, 6.07) is 4.53. The molecule has 2 rings (SSSR count). The second-order valence-corrected chi connectivity index (χ2v) is 7.97. The van der Waals surface area contributed by atoms with Gasteiger partial charge >= 0.3 is 6.09 Å². The minimum atomic E-state index is -0.641. The molecule has 160 valence electrons. The van der Waals surface area contributed by atoms with Gasteiger partial charge in [-0.1, -0.05) is 22.8 Å². The van der Waals surface area contributed by atoms with Gasteiger partial charge in [0.15, 0.2) is 12.4 Å². The van der Waals surface area contributed by atoms with Crippen LogP contribution in [0.3, 0.4) is 0 Å². The van der Waals surface area contributed by atoms with Crippen LogP contribution in [-0.2, 0) is 19.1 Å². The number of nitrogens with one attached hydrogen (secondary N) is 1. The highest BCUT2D eigenvalue weighted by molar-refractivity contribution is 6.31. The average Bonchev–Trinajstić information content (AvgIpc) is 2.63. The predicted octanol–water partition coefficient (Wildman–Crippen LogP) is 2.51. The van der Waals surface area contributed by atoms with Gasteiger partial charge in [-0.05, 0) is 45.4 Å². The van der Waals surface area contributed by atoms with E-state index in [1.54, 1.807) is 39.0 Å². The summed E-state index contributed by atoms with van der Waals surface area (Å²) in [4.78, 5) is 30.9. The highest BCUT2D eigenvalue weighted by Crippen LogP contribution is 2.20. The molecular weight excluding hydrogens is 400 g/mol. The Morgan fingerprint density at radius 3 is 2.79 bits per heavy atom. The molecule has 1 aromatic carbocycles. The number of carbonyl (C=O) groups is 2. The van der Waals surface area contributed by atoms with Crippen LogP contribution < -0.4 is 11.1 Å². The fraction of sp³-hybridized carbons (Fsp3) is 0.526. The Labute approximate surface area is 175 Å². The normalized spacial score (nSPS) is 17.6. The molecule has 0 spiro atoms. The maximum Gasteiger partial charge on any atom is 0.411 e. The highest BCUT2D eigenvalue weighted by atomic mass is 35.5. The number of ether oxygens (including phenoxy) is 2. The highest BCUT2D eigenvalue weighted by Gasteiger charge is 2.33. The van der Waals surface area contributed by atoms with Gasteiger partial charge < -0.3 is 25.4 Å². The van der Waals surface area contributed by atoms with Crippen LogP contribution in [0.15, 0.2) is 23.4 Å². The summed E-state index contributed by atoms with van der Waals surface area (Å²) in [5.74, 6) is -0.410. The number of morpholine rings is 1. The Hall–Kier alpha value is -2.52. The van der Waals surface area contributed by atoms with Crippen molar-refractivity contribution in [1.29, 1.82) is 0 Å². The van der Waals surface area contributed by atoms with Crippen molar-refractivity contribution in [3.8, 4) is 0 Å². The molecule has 0 aromatic heterocycles. The molecule has 3 N–H and O–H groups in total. The molecule has 1 fully saturated rings. The van der Waals surface area contributed by atoms with E-state index in [2.05, 4.69) is 10.5 Å². The van der Waals surface area contributed by atoms with Crippen molar-refractivity contribution in [1.82, 2.24) is 4.90 Å².